The Morgan fingerprint density at radius 2 is 1.78 bits per heavy atom. The highest BCUT2D eigenvalue weighted by Gasteiger charge is 2.34. The highest BCUT2D eigenvalue weighted by Crippen LogP contribution is 2.44. The Morgan fingerprint density at radius 3 is 2.41 bits per heavy atom. The summed E-state index contributed by atoms with van der Waals surface area (Å²) in [7, 11) is 0. The number of carbonyl (C=O) groups is 1. The Hall–Kier alpha value is -1.89. The SMILES string of the molecule is CC(=O)N(c1nnc(S[C@@H](c2ccccc2)c2ccc(Cl)cc2)s1)C1CC1. The van der Waals surface area contributed by atoms with E-state index in [1.807, 2.05) is 42.5 Å². The van der Waals surface area contributed by atoms with Gasteiger partial charge in [0.05, 0.1) is 5.25 Å². The minimum Gasteiger partial charge on any atom is -0.284 e. The van der Waals surface area contributed by atoms with Crippen LogP contribution in [0.4, 0.5) is 5.13 Å². The van der Waals surface area contributed by atoms with E-state index in [0.29, 0.717) is 5.13 Å². The van der Waals surface area contributed by atoms with Crippen LogP contribution < -0.4 is 4.90 Å². The van der Waals surface area contributed by atoms with Gasteiger partial charge in [-0.15, -0.1) is 10.2 Å². The lowest BCUT2D eigenvalue weighted by molar-refractivity contribution is -0.116. The van der Waals surface area contributed by atoms with Crippen LogP contribution in [0, 0.1) is 0 Å². The molecule has 1 fully saturated rings. The molecular formula is C20H18ClN3OS2. The van der Waals surface area contributed by atoms with Gasteiger partial charge in [0.1, 0.15) is 0 Å². The summed E-state index contributed by atoms with van der Waals surface area (Å²) >= 11 is 9.19. The number of thioether (sulfide) groups is 1. The number of hydrogen-bond donors (Lipinski definition) is 0. The zero-order chi connectivity index (χ0) is 18.8. The number of anilines is 1. The van der Waals surface area contributed by atoms with Gasteiger partial charge in [-0.3, -0.25) is 9.69 Å². The average molecular weight is 416 g/mol. The summed E-state index contributed by atoms with van der Waals surface area (Å²) in [4.78, 5) is 13.8. The molecule has 0 spiro atoms. The van der Waals surface area contributed by atoms with Crippen LogP contribution in [0.15, 0.2) is 58.9 Å². The van der Waals surface area contributed by atoms with E-state index < -0.39 is 0 Å². The van der Waals surface area contributed by atoms with Crippen molar-refractivity contribution in [1.29, 1.82) is 0 Å². The number of carbonyl (C=O) groups excluding carboxylic acids is 1. The topological polar surface area (TPSA) is 46.1 Å². The van der Waals surface area contributed by atoms with Crippen LogP contribution in [-0.2, 0) is 4.79 Å². The highest BCUT2D eigenvalue weighted by molar-refractivity contribution is 8.01. The third-order valence-corrected chi connectivity index (χ3v) is 6.92. The van der Waals surface area contributed by atoms with Crippen LogP contribution in [0.1, 0.15) is 36.1 Å². The smallest absolute Gasteiger partial charge is 0.225 e. The van der Waals surface area contributed by atoms with Crippen LogP contribution in [0.2, 0.25) is 5.02 Å². The normalized spacial score (nSPS) is 14.7. The monoisotopic (exact) mass is 415 g/mol. The number of benzene rings is 2. The maximum absolute atomic E-state index is 12.0. The second-order valence-electron chi connectivity index (χ2n) is 6.43. The van der Waals surface area contributed by atoms with E-state index in [-0.39, 0.29) is 17.2 Å². The van der Waals surface area contributed by atoms with E-state index in [2.05, 4.69) is 22.3 Å². The molecule has 0 aliphatic heterocycles. The summed E-state index contributed by atoms with van der Waals surface area (Å²) in [6.45, 7) is 1.59. The second-order valence-corrected chi connectivity index (χ2v) is 9.18. The molecule has 0 N–H and O–H groups in total. The summed E-state index contributed by atoms with van der Waals surface area (Å²) < 4.78 is 0.848. The van der Waals surface area contributed by atoms with Crippen LogP contribution in [-0.4, -0.2) is 22.1 Å². The van der Waals surface area contributed by atoms with Crippen molar-refractivity contribution < 1.29 is 4.79 Å². The second kappa shape index (κ2) is 8.00. The lowest BCUT2D eigenvalue weighted by Crippen LogP contribution is -2.30. The van der Waals surface area contributed by atoms with Crippen molar-refractivity contribution in [3.05, 3.63) is 70.7 Å². The number of aromatic nitrogens is 2. The Kier molecular flexibility index (Phi) is 5.48. The zero-order valence-electron chi connectivity index (χ0n) is 14.7. The molecule has 7 heteroatoms. The van der Waals surface area contributed by atoms with Gasteiger partial charge in [0.25, 0.3) is 0 Å². The third kappa shape index (κ3) is 4.34. The molecule has 1 aromatic heterocycles. The fraction of sp³-hybridized carbons (Fsp3) is 0.250. The first-order valence-corrected chi connectivity index (χ1v) is 10.8. The first kappa shape index (κ1) is 18.5. The van der Waals surface area contributed by atoms with Crippen LogP contribution in [0.25, 0.3) is 0 Å². The Bertz CT molecular complexity index is 926. The predicted octanol–water partition coefficient (Wildman–Crippen LogP) is 5.59. The maximum atomic E-state index is 12.0. The molecule has 0 radical (unpaired) electrons. The van der Waals surface area contributed by atoms with Gasteiger partial charge < -0.3 is 0 Å². The average Bonchev–Trinajstić information content (AvgIpc) is 3.39. The van der Waals surface area contributed by atoms with Gasteiger partial charge in [-0.2, -0.15) is 0 Å². The van der Waals surface area contributed by atoms with Crippen molar-refractivity contribution >= 4 is 45.7 Å². The Morgan fingerprint density at radius 1 is 1.11 bits per heavy atom. The first-order chi connectivity index (χ1) is 13.1. The molecule has 138 valence electrons. The van der Waals surface area contributed by atoms with Gasteiger partial charge in [0.2, 0.25) is 11.0 Å². The Labute approximate surface area is 171 Å². The molecule has 1 heterocycles. The molecule has 1 atom stereocenters. The molecular weight excluding hydrogens is 398 g/mol. The minimum atomic E-state index is 0.0301. The molecule has 4 nitrogen and oxygen atoms in total. The lowest BCUT2D eigenvalue weighted by atomic mass is 10.0. The van der Waals surface area contributed by atoms with Crippen molar-refractivity contribution in [1.82, 2.24) is 10.2 Å². The van der Waals surface area contributed by atoms with Crippen molar-refractivity contribution in [3.8, 4) is 0 Å². The van der Waals surface area contributed by atoms with Crippen molar-refractivity contribution in [2.24, 2.45) is 0 Å². The fourth-order valence-electron chi connectivity index (χ4n) is 2.92. The van der Waals surface area contributed by atoms with Crippen molar-refractivity contribution in [2.45, 2.75) is 35.4 Å². The van der Waals surface area contributed by atoms with Gasteiger partial charge in [0, 0.05) is 18.0 Å². The van der Waals surface area contributed by atoms with Crippen molar-refractivity contribution in [2.75, 3.05) is 4.90 Å². The number of hydrogen-bond acceptors (Lipinski definition) is 5. The third-order valence-electron chi connectivity index (χ3n) is 4.35. The highest BCUT2D eigenvalue weighted by atomic mass is 35.5. The molecule has 1 saturated carbocycles. The first-order valence-electron chi connectivity index (χ1n) is 8.72. The minimum absolute atomic E-state index is 0.0301. The van der Waals surface area contributed by atoms with E-state index in [9.17, 15) is 4.79 Å². The number of nitrogens with zero attached hydrogens (tertiary/aromatic N) is 3. The molecule has 0 bridgehead atoms. The van der Waals surface area contributed by atoms with Gasteiger partial charge in [-0.25, -0.2) is 0 Å². The van der Waals surface area contributed by atoms with E-state index in [1.54, 1.807) is 23.6 Å². The molecule has 4 rings (SSSR count). The van der Waals surface area contributed by atoms with Crippen molar-refractivity contribution in [3.63, 3.8) is 0 Å². The molecule has 27 heavy (non-hydrogen) atoms. The Balaban J connectivity index is 1.62. The van der Waals surface area contributed by atoms with E-state index in [0.717, 1.165) is 27.8 Å². The molecule has 0 saturated heterocycles. The summed E-state index contributed by atoms with van der Waals surface area (Å²) in [5, 5.41) is 10.1. The quantitative estimate of drug-likeness (QED) is 0.389. The largest absolute Gasteiger partial charge is 0.284 e. The standard InChI is InChI=1S/C20H18ClN3OS2/c1-13(25)24(17-11-12-17)19-22-23-20(27-19)26-18(14-5-3-2-4-6-14)15-7-9-16(21)10-8-15/h2-10,17-18H,11-12H2,1H3/t18-/m0/s1. The molecule has 3 aromatic rings. The number of amides is 1. The predicted molar refractivity (Wildman–Crippen MR) is 112 cm³/mol. The molecule has 1 amide bonds. The van der Waals surface area contributed by atoms with E-state index in [1.165, 1.54) is 16.9 Å². The van der Waals surface area contributed by atoms with E-state index in [4.69, 9.17) is 11.6 Å². The molecule has 1 aliphatic rings. The summed E-state index contributed by atoms with van der Waals surface area (Å²) in [5.74, 6) is 0.0301. The number of halogens is 1. The van der Waals surface area contributed by atoms with Gasteiger partial charge >= 0.3 is 0 Å². The van der Waals surface area contributed by atoms with Gasteiger partial charge in [0.15, 0.2) is 4.34 Å². The van der Waals surface area contributed by atoms with E-state index >= 15 is 0 Å². The summed E-state index contributed by atoms with van der Waals surface area (Å²) in [6.07, 6.45) is 2.08. The molecule has 1 aliphatic carbocycles. The zero-order valence-corrected chi connectivity index (χ0v) is 17.1. The van der Waals surface area contributed by atoms with Crippen LogP contribution in [0.5, 0.6) is 0 Å². The van der Waals surface area contributed by atoms with Crippen LogP contribution >= 0.6 is 34.7 Å². The summed E-state index contributed by atoms with van der Waals surface area (Å²) in [6, 6.07) is 18.5. The van der Waals surface area contributed by atoms with Gasteiger partial charge in [-0.05, 0) is 36.1 Å². The molecule has 0 unspecified atom stereocenters. The number of rotatable bonds is 6. The summed E-state index contributed by atoms with van der Waals surface area (Å²) in [5.41, 5.74) is 2.34. The molecule has 2 aromatic carbocycles. The fourth-order valence-corrected chi connectivity index (χ4v) is 5.33. The van der Waals surface area contributed by atoms with Gasteiger partial charge in [-0.1, -0.05) is 77.2 Å². The maximum Gasteiger partial charge on any atom is 0.225 e. The van der Waals surface area contributed by atoms with Crippen LogP contribution in [0.3, 0.4) is 0 Å². The lowest BCUT2D eigenvalue weighted by Gasteiger charge is -2.17.